The number of fused-ring (bicyclic) bond motifs is 4. The van der Waals surface area contributed by atoms with Gasteiger partial charge in [-0.25, -0.2) is 4.39 Å². The normalized spacial score (nSPS) is 24.7. The van der Waals surface area contributed by atoms with Gasteiger partial charge in [-0.2, -0.15) is 0 Å². The number of carbonyl (C=O) groups is 6. The Balaban J connectivity index is 0.759. The predicted molar refractivity (Wildman–Crippen MR) is 253 cm³/mol. The third-order valence-corrected chi connectivity index (χ3v) is 15.7. The Hall–Kier alpha value is -5.67. The number of halogens is 3. The molecule has 348 valence electrons. The van der Waals surface area contributed by atoms with Crippen LogP contribution in [0.3, 0.4) is 0 Å². The van der Waals surface area contributed by atoms with Gasteiger partial charge in [0.1, 0.15) is 17.3 Å². The van der Waals surface area contributed by atoms with E-state index in [0.29, 0.717) is 71.7 Å². The van der Waals surface area contributed by atoms with Crippen LogP contribution in [0.4, 0.5) is 21.5 Å². The quantitative estimate of drug-likeness (QED) is 0.0747. The predicted octanol–water partition coefficient (Wildman–Crippen LogP) is 7.72. The molecule has 0 radical (unpaired) electrons. The summed E-state index contributed by atoms with van der Waals surface area (Å²) in [5.41, 5.74) is 2.52. The topological polar surface area (TPSA) is 169 Å². The first-order valence-corrected chi connectivity index (χ1v) is 24.1. The van der Waals surface area contributed by atoms with Crippen molar-refractivity contribution in [2.75, 3.05) is 35.6 Å². The molecule has 67 heavy (non-hydrogen) atoms. The van der Waals surface area contributed by atoms with E-state index in [-0.39, 0.29) is 46.6 Å². The molecule has 16 heteroatoms. The first kappa shape index (κ1) is 45.1. The van der Waals surface area contributed by atoms with E-state index in [1.54, 1.807) is 59.5 Å². The Bertz CT molecular complexity index is 2690. The fraction of sp³-hybridized carbons (Fsp3) is 0.412. The largest absolute Gasteiger partial charge is 0.382 e. The second-order valence-electron chi connectivity index (χ2n) is 18.9. The summed E-state index contributed by atoms with van der Waals surface area (Å²) in [4.78, 5) is 84.1. The molecule has 5 heterocycles. The molecule has 1 unspecified atom stereocenters. The van der Waals surface area contributed by atoms with Crippen molar-refractivity contribution in [1.29, 1.82) is 0 Å². The molecular formula is C51H52Cl2FN7O6. The number of Topliss-reactive ketones (excluding diaryl/α,β-unsaturated/α-hetero) is 1. The van der Waals surface area contributed by atoms with Crippen LogP contribution in [0.2, 0.25) is 10.0 Å². The van der Waals surface area contributed by atoms with Crippen LogP contribution in [0.15, 0.2) is 78.9 Å². The van der Waals surface area contributed by atoms with Crippen molar-refractivity contribution in [3.8, 4) is 0 Å². The molecule has 1 saturated carbocycles. The third-order valence-electron chi connectivity index (χ3n) is 15.2. The number of likely N-dealkylation sites (tertiary alicyclic amines) is 1. The molecule has 5 N–H and O–H groups in total. The SMILES string of the molecule is O=C1CCC(N2Cc3c(NC4CCN(CCCC(=O)c5ccc(NC(=O)[C@@H]6NC7(CCCCC7)[C@@]7(C(=O)Nc8cc(Cl)ccc87)[C@H]6c6cccc(Cl)c6F)cc5)CC4)cccc3C2=O)C(=O)N1. The summed E-state index contributed by atoms with van der Waals surface area (Å²) in [5, 5.41) is 16.1. The molecule has 13 nitrogen and oxygen atoms in total. The number of piperidine rings is 2. The Morgan fingerprint density at radius 2 is 1.63 bits per heavy atom. The highest BCUT2D eigenvalue weighted by Gasteiger charge is 2.72. The fourth-order valence-electron chi connectivity index (χ4n) is 12.0. The minimum absolute atomic E-state index is 0.00517. The number of nitrogens with one attached hydrogen (secondary N) is 5. The Labute approximate surface area is 397 Å². The highest BCUT2D eigenvalue weighted by atomic mass is 35.5. The summed E-state index contributed by atoms with van der Waals surface area (Å²) in [7, 11) is 0. The maximum absolute atomic E-state index is 16.3. The van der Waals surface area contributed by atoms with Crippen molar-refractivity contribution in [3.05, 3.63) is 123 Å². The van der Waals surface area contributed by atoms with Gasteiger partial charge in [0, 0.05) is 88.7 Å². The van der Waals surface area contributed by atoms with Gasteiger partial charge in [-0.3, -0.25) is 39.4 Å². The van der Waals surface area contributed by atoms with Gasteiger partial charge in [0.05, 0.1) is 11.1 Å². The van der Waals surface area contributed by atoms with E-state index in [1.165, 1.54) is 6.07 Å². The van der Waals surface area contributed by atoms with E-state index < -0.39 is 46.6 Å². The van der Waals surface area contributed by atoms with Crippen molar-refractivity contribution < 1.29 is 33.2 Å². The lowest BCUT2D eigenvalue weighted by molar-refractivity contribution is -0.137. The van der Waals surface area contributed by atoms with Crippen LogP contribution in [0.1, 0.15) is 114 Å². The zero-order valence-corrected chi connectivity index (χ0v) is 38.4. The number of ketones is 1. The van der Waals surface area contributed by atoms with Gasteiger partial charge < -0.3 is 25.8 Å². The second kappa shape index (κ2) is 18.1. The van der Waals surface area contributed by atoms with Crippen LogP contribution in [0.5, 0.6) is 0 Å². The molecule has 1 aliphatic carbocycles. The van der Waals surface area contributed by atoms with Crippen LogP contribution in [-0.2, 0) is 31.1 Å². The molecule has 4 aromatic carbocycles. The van der Waals surface area contributed by atoms with E-state index in [4.69, 9.17) is 23.2 Å². The lowest BCUT2D eigenvalue weighted by Crippen LogP contribution is -2.60. The number of benzene rings is 4. The van der Waals surface area contributed by atoms with Gasteiger partial charge in [0.25, 0.3) is 5.91 Å². The zero-order valence-electron chi connectivity index (χ0n) is 36.9. The van der Waals surface area contributed by atoms with Crippen LogP contribution < -0.4 is 26.6 Å². The fourth-order valence-corrected chi connectivity index (χ4v) is 12.4. The molecular weight excluding hydrogens is 897 g/mol. The van der Waals surface area contributed by atoms with Gasteiger partial charge in [-0.1, -0.05) is 66.7 Å². The number of hydrogen-bond donors (Lipinski definition) is 5. The van der Waals surface area contributed by atoms with Crippen LogP contribution in [-0.4, -0.2) is 88.4 Å². The average molecular weight is 949 g/mol. The number of rotatable bonds is 11. The number of imide groups is 1. The summed E-state index contributed by atoms with van der Waals surface area (Å²) in [5.74, 6) is -3.32. The molecule has 10 rings (SSSR count). The van der Waals surface area contributed by atoms with E-state index >= 15 is 4.39 Å². The van der Waals surface area contributed by atoms with E-state index in [2.05, 4.69) is 31.5 Å². The molecule has 4 aromatic rings. The van der Waals surface area contributed by atoms with Crippen LogP contribution >= 0.6 is 23.2 Å². The molecule has 0 bridgehead atoms. The van der Waals surface area contributed by atoms with Gasteiger partial charge >= 0.3 is 0 Å². The summed E-state index contributed by atoms with van der Waals surface area (Å²) in [6.45, 7) is 2.79. The van der Waals surface area contributed by atoms with Crippen molar-refractivity contribution >= 4 is 75.6 Å². The van der Waals surface area contributed by atoms with Crippen molar-refractivity contribution in [2.45, 2.75) is 112 Å². The summed E-state index contributed by atoms with van der Waals surface area (Å²) < 4.78 is 16.3. The Morgan fingerprint density at radius 3 is 2.39 bits per heavy atom. The van der Waals surface area contributed by atoms with Gasteiger partial charge in [0.15, 0.2) is 5.78 Å². The highest BCUT2D eigenvalue weighted by Crippen LogP contribution is 2.63. The minimum atomic E-state index is -1.35. The number of hydrogen-bond acceptors (Lipinski definition) is 9. The van der Waals surface area contributed by atoms with Crippen molar-refractivity contribution in [1.82, 2.24) is 20.4 Å². The van der Waals surface area contributed by atoms with E-state index in [1.807, 2.05) is 18.2 Å². The number of amides is 5. The Kier molecular flexibility index (Phi) is 12.2. The minimum Gasteiger partial charge on any atom is -0.382 e. The smallest absolute Gasteiger partial charge is 0.255 e. The van der Waals surface area contributed by atoms with Gasteiger partial charge in [-0.15, -0.1) is 0 Å². The molecule has 5 aliphatic heterocycles. The zero-order chi connectivity index (χ0) is 46.6. The van der Waals surface area contributed by atoms with Gasteiger partial charge in [0.2, 0.25) is 23.6 Å². The standard InChI is InChI=1S/C51H52Cl2FN7O6/c52-30-14-17-36-39(27-30)57-49(67)51(36)43(34-8-4-9-37(53)44(34)54)45(59-50(51)22-2-1-3-23-50)47(65)56-31-15-12-29(13-16-31)41(62)11-6-24-60-25-20-32(21-26-60)55-38-10-5-7-33-35(38)28-61(48(33)66)40-18-19-42(63)58-46(40)64/h4-5,7-10,12-17,27,32,40,43,45,55,59H,1-3,6,11,18-26,28H2,(H,56,65)(H,57,67)(H,58,63,64)/t40?,43-,45+,51+/m0/s1. The molecule has 3 saturated heterocycles. The first-order valence-electron chi connectivity index (χ1n) is 23.4. The highest BCUT2D eigenvalue weighted by molar-refractivity contribution is 6.31. The monoisotopic (exact) mass is 947 g/mol. The Morgan fingerprint density at radius 1 is 0.866 bits per heavy atom. The van der Waals surface area contributed by atoms with Crippen molar-refractivity contribution in [2.24, 2.45) is 0 Å². The molecule has 4 atom stereocenters. The molecule has 4 fully saturated rings. The molecule has 2 spiro atoms. The van der Waals surface area contributed by atoms with E-state index in [0.717, 1.165) is 63.0 Å². The number of anilines is 3. The maximum Gasteiger partial charge on any atom is 0.255 e. The number of carbonyl (C=O) groups excluding carboxylic acids is 6. The first-order chi connectivity index (χ1) is 32.4. The van der Waals surface area contributed by atoms with Gasteiger partial charge in [-0.05, 0) is 111 Å². The lowest BCUT2D eigenvalue weighted by Gasteiger charge is -2.47. The number of nitrogens with zero attached hydrogens (tertiary/aromatic N) is 2. The third kappa shape index (κ3) is 7.99. The van der Waals surface area contributed by atoms with E-state index in [9.17, 15) is 28.8 Å². The van der Waals surface area contributed by atoms with Crippen molar-refractivity contribution in [3.63, 3.8) is 0 Å². The summed E-state index contributed by atoms with van der Waals surface area (Å²) in [6, 6.07) is 20.9. The maximum atomic E-state index is 16.3. The molecule has 0 aromatic heterocycles. The molecule has 5 amide bonds. The average Bonchev–Trinajstić information content (AvgIpc) is 3.92. The summed E-state index contributed by atoms with van der Waals surface area (Å²) in [6.07, 6.45) is 7.18. The summed E-state index contributed by atoms with van der Waals surface area (Å²) >= 11 is 12.8. The van der Waals surface area contributed by atoms with Crippen LogP contribution in [0.25, 0.3) is 0 Å². The lowest BCUT2D eigenvalue weighted by atomic mass is 9.55. The van der Waals surface area contributed by atoms with Crippen LogP contribution in [0, 0.1) is 5.82 Å². The second-order valence-corrected chi connectivity index (χ2v) is 19.8. The molecule has 6 aliphatic rings.